The number of phenolic OH excluding ortho intramolecular Hbond substituents is 1. The highest BCUT2D eigenvalue weighted by molar-refractivity contribution is 5.88. The number of rotatable bonds is 2. The van der Waals surface area contributed by atoms with Gasteiger partial charge >= 0.3 is 0 Å². The summed E-state index contributed by atoms with van der Waals surface area (Å²) >= 11 is 0. The SMILES string of the molecule is CNc1nc(-c2ccc(O)cc2)cc2nccnc12. The maximum atomic E-state index is 9.32. The molecule has 0 aliphatic rings. The topological polar surface area (TPSA) is 70.9 Å². The van der Waals surface area contributed by atoms with Crippen LogP contribution in [0.5, 0.6) is 5.75 Å². The smallest absolute Gasteiger partial charge is 0.154 e. The van der Waals surface area contributed by atoms with Crippen LogP contribution in [0.1, 0.15) is 0 Å². The van der Waals surface area contributed by atoms with E-state index in [1.165, 1.54) is 0 Å². The van der Waals surface area contributed by atoms with E-state index in [0.29, 0.717) is 5.82 Å². The molecule has 2 N–H and O–H groups in total. The van der Waals surface area contributed by atoms with E-state index in [1.54, 1.807) is 31.6 Å². The van der Waals surface area contributed by atoms with Crippen molar-refractivity contribution in [1.82, 2.24) is 15.0 Å². The lowest BCUT2D eigenvalue weighted by Gasteiger charge is -2.07. The number of fused-ring (bicyclic) bond motifs is 1. The molecule has 0 spiro atoms. The first-order valence-corrected chi connectivity index (χ1v) is 5.87. The molecule has 19 heavy (non-hydrogen) atoms. The standard InChI is InChI=1S/C14H12N4O/c1-15-14-13-12(16-6-7-17-13)8-11(18-14)9-2-4-10(19)5-3-9/h2-8,19H,1H3,(H,15,18). The van der Waals surface area contributed by atoms with Crippen LogP contribution in [0.15, 0.2) is 42.7 Å². The Balaban J connectivity index is 2.22. The number of hydrogen-bond acceptors (Lipinski definition) is 5. The molecule has 0 radical (unpaired) electrons. The number of anilines is 1. The van der Waals surface area contributed by atoms with Gasteiger partial charge < -0.3 is 10.4 Å². The number of nitrogens with zero attached hydrogens (tertiary/aromatic N) is 3. The largest absolute Gasteiger partial charge is 0.508 e. The molecule has 3 aromatic rings. The molecule has 5 nitrogen and oxygen atoms in total. The number of aromatic hydroxyl groups is 1. The Morgan fingerprint density at radius 2 is 1.79 bits per heavy atom. The Morgan fingerprint density at radius 1 is 1.05 bits per heavy atom. The van der Waals surface area contributed by atoms with Gasteiger partial charge in [-0.3, -0.25) is 4.98 Å². The van der Waals surface area contributed by atoms with Crippen LogP contribution in [0.3, 0.4) is 0 Å². The van der Waals surface area contributed by atoms with Crippen LogP contribution < -0.4 is 5.32 Å². The summed E-state index contributed by atoms with van der Waals surface area (Å²) in [5.41, 5.74) is 3.23. The fraction of sp³-hybridized carbons (Fsp3) is 0.0714. The van der Waals surface area contributed by atoms with E-state index in [0.717, 1.165) is 22.3 Å². The molecule has 0 aliphatic carbocycles. The van der Waals surface area contributed by atoms with Gasteiger partial charge in [-0.1, -0.05) is 0 Å². The van der Waals surface area contributed by atoms with Crippen molar-refractivity contribution in [1.29, 1.82) is 0 Å². The van der Waals surface area contributed by atoms with E-state index in [-0.39, 0.29) is 5.75 Å². The van der Waals surface area contributed by atoms with Gasteiger partial charge in [-0.2, -0.15) is 0 Å². The Bertz CT molecular complexity index is 725. The number of aromatic nitrogens is 3. The number of pyridine rings is 1. The third-order valence-electron chi connectivity index (χ3n) is 2.86. The van der Waals surface area contributed by atoms with Gasteiger partial charge in [0, 0.05) is 25.0 Å². The zero-order chi connectivity index (χ0) is 13.2. The minimum Gasteiger partial charge on any atom is -0.508 e. The molecule has 94 valence electrons. The predicted octanol–water partition coefficient (Wildman–Crippen LogP) is 2.44. The zero-order valence-electron chi connectivity index (χ0n) is 10.3. The molecule has 0 unspecified atom stereocenters. The van der Waals surface area contributed by atoms with Crippen LogP contribution in [0.4, 0.5) is 5.82 Å². The maximum Gasteiger partial charge on any atom is 0.154 e. The van der Waals surface area contributed by atoms with Gasteiger partial charge in [-0.25, -0.2) is 9.97 Å². The summed E-state index contributed by atoms with van der Waals surface area (Å²) in [6.07, 6.45) is 3.30. The second-order valence-corrected chi connectivity index (χ2v) is 4.08. The summed E-state index contributed by atoms with van der Waals surface area (Å²) in [5, 5.41) is 12.3. The highest BCUT2D eigenvalue weighted by Crippen LogP contribution is 2.26. The van der Waals surface area contributed by atoms with Crippen molar-refractivity contribution < 1.29 is 5.11 Å². The summed E-state index contributed by atoms with van der Waals surface area (Å²) in [6.45, 7) is 0. The van der Waals surface area contributed by atoms with Crippen molar-refractivity contribution >= 4 is 16.9 Å². The lowest BCUT2D eigenvalue weighted by Crippen LogP contribution is -1.98. The van der Waals surface area contributed by atoms with Gasteiger partial charge in [-0.05, 0) is 30.3 Å². The summed E-state index contributed by atoms with van der Waals surface area (Å²) in [4.78, 5) is 13.1. The first-order valence-electron chi connectivity index (χ1n) is 5.87. The Kier molecular flexibility index (Phi) is 2.72. The van der Waals surface area contributed by atoms with Gasteiger partial charge in [0.15, 0.2) is 5.82 Å². The van der Waals surface area contributed by atoms with Gasteiger partial charge in [-0.15, -0.1) is 0 Å². The molecule has 2 heterocycles. The Hall–Kier alpha value is -2.69. The van der Waals surface area contributed by atoms with E-state index >= 15 is 0 Å². The van der Waals surface area contributed by atoms with Crippen LogP contribution in [0.2, 0.25) is 0 Å². The fourth-order valence-electron chi connectivity index (χ4n) is 1.93. The van der Waals surface area contributed by atoms with Gasteiger partial charge in [0.25, 0.3) is 0 Å². The van der Waals surface area contributed by atoms with E-state index in [9.17, 15) is 5.11 Å². The average Bonchev–Trinajstić information content (AvgIpc) is 2.47. The zero-order valence-corrected chi connectivity index (χ0v) is 10.3. The minimum atomic E-state index is 0.234. The Morgan fingerprint density at radius 3 is 2.53 bits per heavy atom. The summed E-state index contributed by atoms with van der Waals surface area (Å²) in [6, 6.07) is 8.79. The third-order valence-corrected chi connectivity index (χ3v) is 2.86. The normalized spacial score (nSPS) is 10.6. The molecule has 0 amide bonds. The lowest BCUT2D eigenvalue weighted by molar-refractivity contribution is 0.475. The van der Waals surface area contributed by atoms with Crippen LogP contribution in [-0.4, -0.2) is 27.1 Å². The maximum absolute atomic E-state index is 9.32. The average molecular weight is 252 g/mol. The molecule has 1 aromatic carbocycles. The third kappa shape index (κ3) is 2.06. The van der Waals surface area contributed by atoms with E-state index in [1.807, 2.05) is 18.2 Å². The van der Waals surface area contributed by atoms with E-state index < -0.39 is 0 Å². The van der Waals surface area contributed by atoms with Gasteiger partial charge in [0.05, 0.1) is 11.2 Å². The number of hydrogen-bond donors (Lipinski definition) is 2. The Labute approximate surface area is 110 Å². The number of phenols is 1. The van der Waals surface area contributed by atoms with Crippen molar-refractivity contribution in [2.24, 2.45) is 0 Å². The van der Waals surface area contributed by atoms with E-state index in [2.05, 4.69) is 20.3 Å². The van der Waals surface area contributed by atoms with Crippen molar-refractivity contribution in [3.63, 3.8) is 0 Å². The summed E-state index contributed by atoms with van der Waals surface area (Å²) < 4.78 is 0. The number of benzene rings is 1. The van der Waals surface area contributed by atoms with Gasteiger partial charge in [0.2, 0.25) is 0 Å². The van der Waals surface area contributed by atoms with Crippen LogP contribution in [0.25, 0.3) is 22.3 Å². The minimum absolute atomic E-state index is 0.234. The number of nitrogens with one attached hydrogen (secondary N) is 1. The second kappa shape index (κ2) is 4.53. The first kappa shape index (κ1) is 11.4. The lowest BCUT2D eigenvalue weighted by atomic mass is 10.1. The molecule has 0 aliphatic heterocycles. The quantitative estimate of drug-likeness (QED) is 0.733. The van der Waals surface area contributed by atoms with Crippen molar-refractivity contribution in [2.45, 2.75) is 0 Å². The molecule has 0 saturated carbocycles. The highest BCUT2D eigenvalue weighted by atomic mass is 16.3. The second-order valence-electron chi connectivity index (χ2n) is 4.08. The van der Waals surface area contributed by atoms with Crippen molar-refractivity contribution in [3.8, 4) is 17.0 Å². The highest BCUT2D eigenvalue weighted by Gasteiger charge is 2.08. The molecule has 0 bridgehead atoms. The monoisotopic (exact) mass is 252 g/mol. The molecule has 3 rings (SSSR count). The fourth-order valence-corrected chi connectivity index (χ4v) is 1.93. The predicted molar refractivity (Wildman–Crippen MR) is 74.0 cm³/mol. The van der Waals surface area contributed by atoms with Crippen LogP contribution >= 0.6 is 0 Å². The summed E-state index contributed by atoms with van der Waals surface area (Å²) in [5.74, 6) is 0.923. The first-order chi connectivity index (χ1) is 9.28. The van der Waals surface area contributed by atoms with Crippen LogP contribution in [-0.2, 0) is 0 Å². The van der Waals surface area contributed by atoms with E-state index in [4.69, 9.17) is 0 Å². The molecule has 0 atom stereocenters. The van der Waals surface area contributed by atoms with Crippen molar-refractivity contribution in [2.75, 3.05) is 12.4 Å². The van der Waals surface area contributed by atoms with Crippen molar-refractivity contribution in [3.05, 3.63) is 42.7 Å². The molecular weight excluding hydrogens is 240 g/mol. The molecular formula is C14H12N4O. The summed E-state index contributed by atoms with van der Waals surface area (Å²) in [7, 11) is 1.80. The van der Waals surface area contributed by atoms with Gasteiger partial charge in [0.1, 0.15) is 11.3 Å². The molecule has 0 saturated heterocycles. The molecule has 2 aromatic heterocycles. The molecule has 0 fully saturated rings. The van der Waals surface area contributed by atoms with Crippen LogP contribution in [0, 0.1) is 0 Å². The molecule has 5 heteroatoms.